The van der Waals surface area contributed by atoms with E-state index in [1.54, 1.807) is 50.2 Å². The molecule has 0 saturated heterocycles. The van der Waals surface area contributed by atoms with Crippen LogP contribution in [0.25, 0.3) is 33.5 Å². The van der Waals surface area contributed by atoms with E-state index in [4.69, 9.17) is 19.3 Å². The minimum absolute atomic E-state index is 0.208. The lowest BCUT2D eigenvalue weighted by Crippen LogP contribution is -2.20. The van der Waals surface area contributed by atoms with Crippen LogP contribution in [-0.2, 0) is 6.42 Å². The van der Waals surface area contributed by atoms with Gasteiger partial charge in [-0.25, -0.2) is 4.52 Å². The predicted molar refractivity (Wildman–Crippen MR) is 128 cm³/mol. The predicted octanol–water partition coefficient (Wildman–Crippen LogP) is 3.68. The fourth-order valence-electron chi connectivity index (χ4n) is 4.07. The fraction of sp³-hybridized carbons (Fsp3) is 0.200. The average Bonchev–Trinajstić information content (AvgIpc) is 3.28. The summed E-state index contributed by atoms with van der Waals surface area (Å²) >= 11 is 0. The van der Waals surface area contributed by atoms with Crippen LogP contribution in [0, 0.1) is 0 Å². The van der Waals surface area contributed by atoms with Crippen LogP contribution < -0.4 is 19.8 Å². The van der Waals surface area contributed by atoms with Crippen LogP contribution >= 0.6 is 0 Å². The van der Waals surface area contributed by atoms with Crippen molar-refractivity contribution in [2.45, 2.75) is 13.3 Å². The van der Waals surface area contributed by atoms with Crippen LogP contribution in [-0.4, -0.2) is 45.7 Å². The highest BCUT2D eigenvalue weighted by Crippen LogP contribution is 2.31. The average molecular weight is 457 g/mol. The maximum Gasteiger partial charge on any atom is 0.285 e. The first kappa shape index (κ1) is 21.4. The maximum absolute atomic E-state index is 13.4. The van der Waals surface area contributed by atoms with Crippen LogP contribution in [0.3, 0.4) is 0 Å². The summed E-state index contributed by atoms with van der Waals surface area (Å²) in [7, 11) is 4.75. The van der Waals surface area contributed by atoms with E-state index in [1.165, 1.54) is 4.57 Å². The Hall–Kier alpha value is -4.40. The molecular weight excluding hydrogens is 434 g/mol. The molecule has 0 radical (unpaired) electrons. The molecule has 3 heterocycles. The first-order valence-electron chi connectivity index (χ1n) is 10.8. The Morgan fingerprint density at radius 2 is 1.62 bits per heavy atom. The smallest absolute Gasteiger partial charge is 0.285 e. The molecule has 0 unspecified atom stereocenters. The van der Waals surface area contributed by atoms with E-state index in [2.05, 4.69) is 10.2 Å². The number of hydrogen-bond donors (Lipinski definition) is 0. The van der Waals surface area contributed by atoms with Crippen molar-refractivity contribution in [3.63, 3.8) is 0 Å². The van der Waals surface area contributed by atoms with E-state index in [0.717, 1.165) is 22.6 Å². The number of aromatic nitrogens is 5. The van der Waals surface area contributed by atoms with E-state index in [-0.39, 0.29) is 11.1 Å². The molecule has 0 fully saturated rings. The zero-order valence-electron chi connectivity index (χ0n) is 19.3. The highest BCUT2D eigenvalue weighted by molar-refractivity contribution is 5.85. The number of rotatable bonds is 6. The SMILES string of the molecule is CCc1nn2c(nnc3c(=O)n(-c4ccc(OC)cc4OC)ccc32)c1-c1ccc(OC)cc1. The summed E-state index contributed by atoms with van der Waals surface area (Å²) < 4.78 is 19.2. The summed E-state index contributed by atoms with van der Waals surface area (Å²) in [5.74, 6) is 1.90. The first-order valence-corrected chi connectivity index (χ1v) is 10.8. The molecule has 0 aliphatic carbocycles. The molecule has 0 bridgehead atoms. The lowest BCUT2D eigenvalue weighted by atomic mass is 10.0. The van der Waals surface area contributed by atoms with Crippen molar-refractivity contribution < 1.29 is 14.2 Å². The van der Waals surface area contributed by atoms with Gasteiger partial charge in [-0.05, 0) is 42.3 Å². The van der Waals surface area contributed by atoms with Gasteiger partial charge in [0.15, 0.2) is 11.2 Å². The number of pyridine rings is 1. The second-order valence-corrected chi connectivity index (χ2v) is 7.60. The summed E-state index contributed by atoms with van der Waals surface area (Å²) in [5.41, 5.74) is 4.34. The van der Waals surface area contributed by atoms with Gasteiger partial charge in [-0.15, -0.1) is 10.2 Å². The Morgan fingerprint density at radius 1 is 0.882 bits per heavy atom. The van der Waals surface area contributed by atoms with Crippen molar-refractivity contribution in [2.24, 2.45) is 0 Å². The summed E-state index contributed by atoms with van der Waals surface area (Å²) in [6, 6.07) is 14.8. The lowest BCUT2D eigenvalue weighted by Gasteiger charge is -2.13. The Kier molecular flexibility index (Phi) is 5.37. The van der Waals surface area contributed by atoms with Crippen LogP contribution in [0.5, 0.6) is 17.2 Å². The summed E-state index contributed by atoms with van der Waals surface area (Å²) in [6.45, 7) is 2.04. The number of fused-ring (bicyclic) bond motifs is 3. The van der Waals surface area contributed by atoms with Gasteiger partial charge in [0.05, 0.1) is 38.3 Å². The second-order valence-electron chi connectivity index (χ2n) is 7.60. The monoisotopic (exact) mass is 457 g/mol. The van der Waals surface area contributed by atoms with Crippen molar-refractivity contribution in [1.82, 2.24) is 24.4 Å². The third-order valence-corrected chi connectivity index (χ3v) is 5.81. The minimum Gasteiger partial charge on any atom is -0.497 e. The highest BCUT2D eigenvalue weighted by atomic mass is 16.5. The van der Waals surface area contributed by atoms with Gasteiger partial charge in [0, 0.05) is 12.3 Å². The number of nitrogens with zero attached hydrogens (tertiary/aromatic N) is 5. The molecule has 9 heteroatoms. The van der Waals surface area contributed by atoms with E-state index in [9.17, 15) is 4.79 Å². The van der Waals surface area contributed by atoms with Gasteiger partial charge in [-0.1, -0.05) is 19.1 Å². The molecule has 0 atom stereocenters. The van der Waals surface area contributed by atoms with E-state index >= 15 is 0 Å². The third-order valence-electron chi connectivity index (χ3n) is 5.81. The maximum atomic E-state index is 13.4. The van der Waals surface area contributed by atoms with Crippen molar-refractivity contribution in [3.8, 4) is 34.1 Å². The van der Waals surface area contributed by atoms with Gasteiger partial charge in [0.1, 0.15) is 22.8 Å². The summed E-state index contributed by atoms with van der Waals surface area (Å²) in [5, 5.41) is 13.5. The van der Waals surface area contributed by atoms with Crippen molar-refractivity contribution in [1.29, 1.82) is 0 Å². The van der Waals surface area contributed by atoms with Crippen molar-refractivity contribution in [3.05, 3.63) is 70.8 Å². The third kappa shape index (κ3) is 3.33. The second kappa shape index (κ2) is 8.51. The van der Waals surface area contributed by atoms with Gasteiger partial charge in [0.25, 0.3) is 5.56 Å². The Balaban J connectivity index is 1.72. The zero-order valence-corrected chi connectivity index (χ0v) is 19.3. The largest absolute Gasteiger partial charge is 0.497 e. The molecule has 172 valence electrons. The Morgan fingerprint density at radius 3 is 2.29 bits per heavy atom. The van der Waals surface area contributed by atoms with Gasteiger partial charge in [0.2, 0.25) is 0 Å². The number of benzene rings is 2. The molecule has 3 aromatic heterocycles. The highest BCUT2D eigenvalue weighted by Gasteiger charge is 2.20. The fourth-order valence-corrected chi connectivity index (χ4v) is 4.07. The summed E-state index contributed by atoms with van der Waals surface area (Å²) in [6.07, 6.45) is 2.39. The molecule has 9 nitrogen and oxygen atoms in total. The number of methoxy groups -OCH3 is 3. The van der Waals surface area contributed by atoms with Gasteiger partial charge in [-0.3, -0.25) is 9.36 Å². The molecule has 0 aliphatic heterocycles. The standard InChI is InChI=1S/C25H23N5O4/c1-5-18-22(15-6-8-16(32-2)9-7-15)24-27-26-23-20(30(24)28-18)12-13-29(25(23)31)19-11-10-17(33-3)14-21(19)34-4/h6-14H,5H2,1-4H3. The molecule has 0 N–H and O–H groups in total. The Labute approximate surface area is 195 Å². The first-order chi connectivity index (χ1) is 16.6. The molecule has 0 amide bonds. The van der Waals surface area contributed by atoms with E-state index in [1.807, 2.05) is 37.3 Å². The van der Waals surface area contributed by atoms with Gasteiger partial charge in [-0.2, -0.15) is 5.10 Å². The Bertz CT molecular complexity index is 1570. The normalized spacial score (nSPS) is 11.2. The van der Waals surface area contributed by atoms with Crippen molar-refractivity contribution >= 4 is 16.7 Å². The van der Waals surface area contributed by atoms with Gasteiger partial charge >= 0.3 is 0 Å². The lowest BCUT2D eigenvalue weighted by molar-refractivity contribution is 0.393. The quantitative estimate of drug-likeness (QED) is 0.384. The summed E-state index contributed by atoms with van der Waals surface area (Å²) in [4.78, 5) is 13.4. The molecule has 0 spiro atoms. The molecule has 5 rings (SSSR count). The van der Waals surface area contributed by atoms with Crippen LogP contribution in [0.15, 0.2) is 59.5 Å². The molecule has 0 saturated carbocycles. The zero-order chi connectivity index (χ0) is 23.8. The van der Waals surface area contributed by atoms with E-state index in [0.29, 0.717) is 34.8 Å². The topological polar surface area (TPSA) is 92.8 Å². The van der Waals surface area contributed by atoms with Gasteiger partial charge < -0.3 is 14.2 Å². The molecule has 2 aromatic carbocycles. The molecular formula is C25H23N5O4. The molecule has 5 aromatic rings. The van der Waals surface area contributed by atoms with Crippen LogP contribution in [0.4, 0.5) is 0 Å². The number of aryl methyl sites for hydroxylation is 1. The van der Waals surface area contributed by atoms with Crippen LogP contribution in [0.1, 0.15) is 12.6 Å². The van der Waals surface area contributed by atoms with E-state index < -0.39 is 0 Å². The van der Waals surface area contributed by atoms with Crippen molar-refractivity contribution in [2.75, 3.05) is 21.3 Å². The minimum atomic E-state index is -0.324. The number of hydrogen-bond acceptors (Lipinski definition) is 7. The molecule has 0 aliphatic rings. The number of ether oxygens (including phenoxy) is 3. The molecule has 34 heavy (non-hydrogen) atoms. The van der Waals surface area contributed by atoms with Crippen LogP contribution in [0.2, 0.25) is 0 Å².